The number of carbonyl (C=O) groups excluding carboxylic acids is 1. The Balaban J connectivity index is 2.48. The summed E-state index contributed by atoms with van der Waals surface area (Å²) in [5.74, 6) is 1.02. The summed E-state index contributed by atoms with van der Waals surface area (Å²) in [6, 6.07) is 3.86. The molecule has 0 aliphatic heterocycles. The Morgan fingerprint density at radius 1 is 1.37 bits per heavy atom. The summed E-state index contributed by atoms with van der Waals surface area (Å²) in [5.41, 5.74) is 6.84. The van der Waals surface area contributed by atoms with Gasteiger partial charge in [-0.3, -0.25) is 9.78 Å². The number of amides is 1. The van der Waals surface area contributed by atoms with Gasteiger partial charge in [-0.15, -0.1) is 0 Å². The van der Waals surface area contributed by atoms with Gasteiger partial charge in [0.05, 0.1) is 0 Å². The van der Waals surface area contributed by atoms with Gasteiger partial charge in [0.1, 0.15) is 0 Å². The molecule has 0 aromatic carbocycles. The summed E-state index contributed by atoms with van der Waals surface area (Å²) in [5, 5.41) is 0. The van der Waals surface area contributed by atoms with Crippen molar-refractivity contribution in [2.75, 3.05) is 13.6 Å². The molecule has 106 valence electrons. The Morgan fingerprint density at radius 3 is 2.53 bits per heavy atom. The van der Waals surface area contributed by atoms with Crippen molar-refractivity contribution in [2.24, 2.45) is 17.6 Å². The number of rotatable bonds is 7. The smallest absolute Gasteiger partial charge is 0.222 e. The standard InChI is InChI=1S/C15H25N3O/c1-12(2)8-14(10-16)9-15(19)18(3)11-13-4-6-17-7-5-13/h4-7,12,14H,8-11,16H2,1-3H3. The summed E-state index contributed by atoms with van der Waals surface area (Å²) < 4.78 is 0. The first-order valence-corrected chi connectivity index (χ1v) is 6.85. The fraction of sp³-hybridized carbons (Fsp3) is 0.600. The molecule has 1 amide bonds. The van der Waals surface area contributed by atoms with E-state index < -0.39 is 0 Å². The number of nitrogens with zero attached hydrogens (tertiary/aromatic N) is 2. The molecular weight excluding hydrogens is 238 g/mol. The zero-order chi connectivity index (χ0) is 14.3. The van der Waals surface area contributed by atoms with Gasteiger partial charge in [-0.1, -0.05) is 13.8 Å². The fourth-order valence-corrected chi connectivity index (χ4v) is 2.18. The lowest BCUT2D eigenvalue weighted by molar-refractivity contribution is -0.131. The zero-order valence-electron chi connectivity index (χ0n) is 12.2. The minimum absolute atomic E-state index is 0.160. The first kappa shape index (κ1) is 15.6. The minimum Gasteiger partial charge on any atom is -0.341 e. The summed E-state index contributed by atoms with van der Waals surface area (Å²) in [6.07, 6.45) is 5.03. The Bertz CT molecular complexity index is 378. The maximum Gasteiger partial charge on any atom is 0.222 e. The molecule has 0 spiro atoms. The van der Waals surface area contributed by atoms with Gasteiger partial charge in [0.25, 0.3) is 0 Å². The highest BCUT2D eigenvalue weighted by molar-refractivity contribution is 5.76. The number of carbonyl (C=O) groups is 1. The van der Waals surface area contributed by atoms with Crippen molar-refractivity contribution in [2.45, 2.75) is 33.2 Å². The van der Waals surface area contributed by atoms with Crippen LogP contribution in [-0.4, -0.2) is 29.4 Å². The summed E-state index contributed by atoms with van der Waals surface area (Å²) in [7, 11) is 1.84. The molecule has 0 saturated heterocycles. The van der Waals surface area contributed by atoms with Gasteiger partial charge in [0, 0.05) is 32.4 Å². The van der Waals surface area contributed by atoms with E-state index >= 15 is 0 Å². The third kappa shape index (κ3) is 5.83. The van der Waals surface area contributed by atoms with Crippen LogP contribution < -0.4 is 5.73 Å². The van der Waals surface area contributed by atoms with E-state index in [1.807, 2.05) is 19.2 Å². The van der Waals surface area contributed by atoms with Crippen LogP contribution in [0.2, 0.25) is 0 Å². The molecule has 1 aromatic heterocycles. The molecule has 0 bridgehead atoms. The van der Waals surface area contributed by atoms with E-state index in [0.29, 0.717) is 25.4 Å². The van der Waals surface area contributed by atoms with Crippen molar-refractivity contribution in [1.82, 2.24) is 9.88 Å². The van der Waals surface area contributed by atoms with Crippen molar-refractivity contribution in [3.63, 3.8) is 0 Å². The normalized spacial score (nSPS) is 12.5. The first-order chi connectivity index (χ1) is 9.02. The molecule has 0 radical (unpaired) electrons. The summed E-state index contributed by atoms with van der Waals surface area (Å²) in [4.78, 5) is 17.9. The van der Waals surface area contributed by atoms with Crippen molar-refractivity contribution >= 4 is 5.91 Å². The second-order valence-electron chi connectivity index (χ2n) is 5.54. The van der Waals surface area contributed by atoms with E-state index in [1.54, 1.807) is 17.3 Å². The molecule has 19 heavy (non-hydrogen) atoms. The molecule has 2 N–H and O–H groups in total. The third-order valence-corrected chi connectivity index (χ3v) is 3.20. The lowest BCUT2D eigenvalue weighted by atomic mass is 9.94. The maximum atomic E-state index is 12.2. The van der Waals surface area contributed by atoms with Crippen LogP contribution in [0.25, 0.3) is 0 Å². The van der Waals surface area contributed by atoms with Crippen molar-refractivity contribution in [1.29, 1.82) is 0 Å². The van der Waals surface area contributed by atoms with Gasteiger partial charge in [-0.2, -0.15) is 0 Å². The average molecular weight is 263 g/mol. The fourth-order valence-electron chi connectivity index (χ4n) is 2.18. The van der Waals surface area contributed by atoms with E-state index in [1.165, 1.54) is 0 Å². The Morgan fingerprint density at radius 2 is 2.00 bits per heavy atom. The molecular formula is C15H25N3O. The summed E-state index contributed by atoms with van der Waals surface area (Å²) >= 11 is 0. The third-order valence-electron chi connectivity index (χ3n) is 3.20. The van der Waals surface area contributed by atoms with E-state index in [0.717, 1.165) is 12.0 Å². The van der Waals surface area contributed by atoms with Crippen LogP contribution in [0.3, 0.4) is 0 Å². The molecule has 1 rings (SSSR count). The molecule has 1 atom stereocenters. The second-order valence-corrected chi connectivity index (χ2v) is 5.54. The van der Waals surface area contributed by atoms with E-state index in [-0.39, 0.29) is 11.8 Å². The first-order valence-electron chi connectivity index (χ1n) is 6.85. The lowest BCUT2D eigenvalue weighted by Gasteiger charge is -2.22. The highest BCUT2D eigenvalue weighted by atomic mass is 16.2. The second kappa shape index (κ2) is 7.89. The van der Waals surface area contributed by atoms with E-state index in [2.05, 4.69) is 18.8 Å². The topological polar surface area (TPSA) is 59.2 Å². The number of hydrogen-bond donors (Lipinski definition) is 1. The predicted octanol–water partition coefficient (Wildman–Crippen LogP) is 2.05. The largest absolute Gasteiger partial charge is 0.341 e. The lowest BCUT2D eigenvalue weighted by Crippen LogP contribution is -2.30. The van der Waals surface area contributed by atoms with Gasteiger partial charge < -0.3 is 10.6 Å². The van der Waals surface area contributed by atoms with Crippen LogP contribution in [0.1, 0.15) is 32.3 Å². The Hall–Kier alpha value is -1.42. The van der Waals surface area contributed by atoms with E-state index in [9.17, 15) is 4.79 Å². The number of aromatic nitrogens is 1. The van der Waals surface area contributed by atoms with Crippen molar-refractivity contribution in [3.8, 4) is 0 Å². The monoisotopic (exact) mass is 263 g/mol. The highest BCUT2D eigenvalue weighted by Crippen LogP contribution is 2.16. The van der Waals surface area contributed by atoms with Crippen LogP contribution >= 0.6 is 0 Å². The van der Waals surface area contributed by atoms with Crippen LogP contribution in [0.4, 0.5) is 0 Å². The maximum absolute atomic E-state index is 12.2. The molecule has 1 unspecified atom stereocenters. The molecule has 4 heteroatoms. The van der Waals surface area contributed by atoms with Gasteiger partial charge >= 0.3 is 0 Å². The van der Waals surface area contributed by atoms with Crippen LogP contribution in [-0.2, 0) is 11.3 Å². The van der Waals surface area contributed by atoms with Crippen molar-refractivity contribution < 1.29 is 4.79 Å². The van der Waals surface area contributed by atoms with Gasteiger partial charge in [0.2, 0.25) is 5.91 Å². The number of nitrogens with two attached hydrogens (primary N) is 1. The number of pyridine rings is 1. The van der Waals surface area contributed by atoms with Gasteiger partial charge in [0.15, 0.2) is 0 Å². The van der Waals surface area contributed by atoms with Crippen LogP contribution in [0.15, 0.2) is 24.5 Å². The predicted molar refractivity (Wildman–Crippen MR) is 77.3 cm³/mol. The molecule has 0 aliphatic rings. The highest BCUT2D eigenvalue weighted by Gasteiger charge is 2.17. The molecule has 1 aromatic rings. The molecule has 1 heterocycles. The summed E-state index contributed by atoms with van der Waals surface area (Å²) in [6.45, 7) is 5.52. The average Bonchev–Trinajstić information content (AvgIpc) is 2.38. The number of hydrogen-bond acceptors (Lipinski definition) is 3. The molecule has 0 saturated carbocycles. The molecule has 4 nitrogen and oxygen atoms in total. The van der Waals surface area contributed by atoms with Gasteiger partial charge in [-0.25, -0.2) is 0 Å². The van der Waals surface area contributed by atoms with Crippen LogP contribution in [0, 0.1) is 11.8 Å². The van der Waals surface area contributed by atoms with Crippen LogP contribution in [0.5, 0.6) is 0 Å². The molecule has 0 fully saturated rings. The Labute approximate surface area is 116 Å². The van der Waals surface area contributed by atoms with Crippen molar-refractivity contribution in [3.05, 3.63) is 30.1 Å². The quantitative estimate of drug-likeness (QED) is 0.819. The van der Waals surface area contributed by atoms with E-state index in [4.69, 9.17) is 5.73 Å². The molecule has 0 aliphatic carbocycles. The zero-order valence-corrected chi connectivity index (χ0v) is 12.2. The van der Waals surface area contributed by atoms with Gasteiger partial charge in [-0.05, 0) is 42.5 Å². The Kier molecular flexibility index (Phi) is 6.50. The SMILES string of the molecule is CC(C)CC(CN)CC(=O)N(C)Cc1ccncc1. The minimum atomic E-state index is 0.160.